The van der Waals surface area contributed by atoms with E-state index in [0.29, 0.717) is 22.7 Å². The van der Waals surface area contributed by atoms with Crippen LogP contribution in [-0.2, 0) is 9.09 Å². The van der Waals surface area contributed by atoms with Crippen molar-refractivity contribution >= 4 is 76.5 Å². The van der Waals surface area contributed by atoms with E-state index in [-0.39, 0.29) is 27.7 Å². The lowest BCUT2D eigenvalue weighted by atomic mass is 10.3. The quantitative estimate of drug-likeness (QED) is 0.245. The van der Waals surface area contributed by atoms with Crippen molar-refractivity contribution in [3.8, 4) is 5.75 Å². The topological polar surface area (TPSA) is 89.5 Å². The number of nitrogens with zero attached hydrogens (tertiary/aromatic N) is 4. The molecule has 1 aromatic heterocycles. The predicted molar refractivity (Wildman–Crippen MR) is 147 cm³/mol. The van der Waals surface area contributed by atoms with Gasteiger partial charge >= 0.3 is 6.80 Å². The Bertz CT molecular complexity index is 933. The van der Waals surface area contributed by atoms with Crippen LogP contribution in [0.5, 0.6) is 5.75 Å². The standard InChI is InChI=1S/C11H14Cl3O3PS.C9H16ClN5/c1-3-5-19-18(15,16-4-2)17-11-9(13)6-8(12)7-10(11)14;1-4-11-8-12-7(10)13-9(14-8)15(5-2)6-3/h6-7H,3-5H2,1-2H3;4-6H2,1-3H3,(H,11,12,13,14). The third-order valence-electron chi connectivity index (χ3n) is 3.88. The molecular weight excluding hydrogens is 563 g/mol. The van der Waals surface area contributed by atoms with Crippen LogP contribution >= 0.6 is 64.6 Å². The van der Waals surface area contributed by atoms with Gasteiger partial charge in [0.2, 0.25) is 17.2 Å². The zero-order valence-electron chi connectivity index (χ0n) is 19.8. The number of rotatable bonds is 12. The molecule has 192 valence electrons. The summed E-state index contributed by atoms with van der Waals surface area (Å²) in [6, 6.07) is 2.95. The lowest BCUT2D eigenvalue weighted by molar-refractivity contribution is 0.296. The summed E-state index contributed by atoms with van der Waals surface area (Å²) < 4.78 is 23.2. The monoisotopic (exact) mass is 591 g/mol. The molecule has 0 aliphatic rings. The highest BCUT2D eigenvalue weighted by Gasteiger charge is 2.28. The van der Waals surface area contributed by atoms with Crippen LogP contribution in [0.4, 0.5) is 11.9 Å². The summed E-state index contributed by atoms with van der Waals surface area (Å²) in [6.07, 6.45) is 0.854. The first-order chi connectivity index (χ1) is 16.1. The lowest BCUT2D eigenvalue weighted by Crippen LogP contribution is -2.25. The van der Waals surface area contributed by atoms with Crippen molar-refractivity contribution in [3.63, 3.8) is 0 Å². The van der Waals surface area contributed by atoms with Crippen LogP contribution in [0, 0.1) is 0 Å². The van der Waals surface area contributed by atoms with E-state index in [1.807, 2.05) is 32.6 Å². The normalized spacial score (nSPS) is 12.4. The van der Waals surface area contributed by atoms with Gasteiger partial charge in [-0.25, -0.2) is 4.57 Å². The number of hydrogen-bond donors (Lipinski definition) is 1. The molecule has 0 bridgehead atoms. The highest BCUT2D eigenvalue weighted by molar-refractivity contribution is 8.55. The second kappa shape index (κ2) is 16.1. The molecule has 0 aliphatic carbocycles. The second-order valence-corrected chi connectivity index (χ2v) is 12.1. The Morgan fingerprint density at radius 3 is 2.12 bits per heavy atom. The first-order valence-electron chi connectivity index (χ1n) is 10.8. The summed E-state index contributed by atoms with van der Waals surface area (Å²) in [7, 11) is 0. The van der Waals surface area contributed by atoms with Crippen LogP contribution in [-0.4, -0.2) is 46.9 Å². The largest absolute Gasteiger partial charge is 0.440 e. The van der Waals surface area contributed by atoms with Crippen LogP contribution in [0.15, 0.2) is 12.1 Å². The molecule has 0 amide bonds. The molecule has 14 heteroatoms. The molecule has 0 spiro atoms. The Morgan fingerprint density at radius 2 is 1.62 bits per heavy atom. The van der Waals surface area contributed by atoms with E-state index < -0.39 is 6.80 Å². The number of halogens is 4. The molecule has 34 heavy (non-hydrogen) atoms. The minimum Gasteiger partial charge on any atom is -0.414 e. The van der Waals surface area contributed by atoms with Gasteiger partial charge in [0.05, 0.1) is 16.7 Å². The van der Waals surface area contributed by atoms with Gasteiger partial charge in [0.1, 0.15) is 0 Å². The average molecular weight is 593 g/mol. The van der Waals surface area contributed by atoms with Gasteiger partial charge in [-0.1, -0.05) is 41.7 Å². The van der Waals surface area contributed by atoms with Crippen LogP contribution in [0.1, 0.15) is 41.0 Å². The predicted octanol–water partition coefficient (Wildman–Crippen LogP) is 8.12. The van der Waals surface area contributed by atoms with Gasteiger partial charge < -0.3 is 14.7 Å². The Labute approximate surface area is 225 Å². The van der Waals surface area contributed by atoms with Gasteiger partial charge in [-0.15, -0.1) is 0 Å². The molecule has 2 rings (SSSR count). The molecule has 1 aromatic carbocycles. The van der Waals surface area contributed by atoms with Gasteiger partial charge in [-0.05, 0) is 69.2 Å². The molecule has 8 nitrogen and oxygen atoms in total. The molecular formula is C20H30Cl4N5O3PS. The molecule has 1 atom stereocenters. The molecule has 0 radical (unpaired) electrons. The number of benzene rings is 1. The Balaban J connectivity index is 0.000000350. The highest BCUT2D eigenvalue weighted by atomic mass is 35.5. The highest BCUT2D eigenvalue weighted by Crippen LogP contribution is 2.61. The number of aromatic nitrogens is 3. The van der Waals surface area contributed by atoms with Crippen LogP contribution in [0.2, 0.25) is 20.4 Å². The van der Waals surface area contributed by atoms with Gasteiger partial charge in [0.25, 0.3) is 0 Å². The van der Waals surface area contributed by atoms with E-state index in [9.17, 15) is 4.57 Å². The minimum atomic E-state index is -3.32. The van der Waals surface area contributed by atoms with Gasteiger partial charge in [0.15, 0.2) is 5.75 Å². The summed E-state index contributed by atoms with van der Waals surface area (Å²) in [5.41, 5.74) is 0. The molecule has 1 heterocycles. The fourth-order valence-corrected chi connectivity index (χ4v) is 7.02. The van der Waals surface area contributed by atoms with Crippen molar-refractivity contribution in [1.29, 1.82) is 0 Å². The van der Waals surface area contributed by atoms with Crippen molar-refractivity contribution < 1.29 is 13.6 Å². The summed E-state index contributed by atoms with van der Waals surface area (Å²) in [5.74, 6) is 1.93. The molecule has 0 aliphatic heterocycles. The zero-order chi connectivity index (χ0) is 25.7. The second-order valence-electron chi connectivity index (χ2n) is 6.42. The molecule has 0 fully saturated rings. The fourth-order valence-electron chi connectivity index (χ4n) is 2.40. The van der Waals surface area contributed by atoms with Crippen molar-refractivity contribution in [2.24, 2.45) is 0 Å². The summed E-state index contributed by atoms with van der Waals surface area (Å²) in [4.78, 5) is 14.4. The lowest BCUT2D eigenvalue weighted by Gasteiger charge is -2.19. The van der Waals surface area contributed by atoms with Crippen molar-refractivity contribution in [2.45, 2.75) is 41.0 Å². The van der Waals surface area contributed by atoms with Gasteiger partial charge in [-0.3, -0.25) is 4.52 Å². The van der Waals surface area contributed by atoms with E-state index in [0.717, 1.165) is 37.4 Å². The van der Waals surface area contributed by atoms with Crippen LogP contribution < -0.4 is 14.7 Å². The summed E-state index contributed by atoms with van der Waals surface area (Å²) in [5, 5.41) is 4.03. The third-order valence-corrected chi connectivity index (χ3v) is 8.76. The first-order valence-corrected chi connectivity index (χ1v) is 15.4. The number of hydrogen-bond acceptors (Lipinski definition) is 9. The minimum absolute atomic E-state index is 0.133. The molecule has 2 aromatic rings. The SMILES string of the molecule is CCCSP(=O)(OCC)Oc1c(Cl)cc(Cl)cc1Cl.CCNc1nc(Cl)nc(N(CC)CC)n1. The van der Waals surface area contributed by atoms with E-state index in [4.69, 9.17) is 55.5 Å². The van der Waals surface area contributed by atoms with Crippen LogP contribution in [0.3, 0.4) is 0 Å². The zero-order valence-corrected chi connectivity index (χ0v) is 24.5. The maximum atomic E-state index is 12.5. The Hall–Kier alpha value is -0.670. The Morgan fingerprint density at radius 1 is 1.00 bits per heavy atom. The van der Waals surface area contributed by atoms with E-state index in [2.05, 4.69) is 20.3 Å². The smallest absolute Gasteiger partial charge is 0.414 e. The maximum absolute atomic E-state index is 12.5. The van der Waals surface area contributed by atoms with Gasteiger partial charge in [-0.2, -0.15) is 15.0 Å². The summed E-state index contributed by atoms with van der Waals surface area (Å²) >= 11 is 24.7. The van der Waals surface area contributed by atoms with Crippen LogP contribution in [0.25, 0.3) is 0 Å². The molecule has 1 N–H and O–H groups in total. The fraction of sp³-hybridized carbons (Fsp3) is 0.550. The molecule has 0 saturated carbocycles. The van der Waals surface area contributed by atoms with Gasteiger partial charge in [0, 0.05) is 30.4 Å². The van der Waals surface area contributed by atoms with Crippen molar-refractivity contribution in [1.82, 2.24) is 15.0 Å². The molecule has 1 unspecified atom stereocenters. The maximum Gasteiger partial charge on any atom is 0.440 e. The summed E-state index contributed by atoms with van der Waals surface area (Å²) in [6.45, 7) is 9.22. The van der Waals surface area contributed by atoms with E-state index in [1.54, 1.807) is 6.92 Å². The van der Waals surface area contributed by atoms with E-state index in [1.165, 1.54) is 12.1 Å². The number of nitrogens with one attached hydrogen (secondary N) is 1. The number of anilines is 2. The van der Waals surface area contributed by atoms with E-state index >= 15 is 0 Å². The first kappa shape index (κ1) is 31.4. The molecule has 0 saturated heterocycles. The Kier molecular flexibility index (Phi) is 14.9. The third kappa shape index (κ3) is 10.5. The average Bonchev–Trinajstić information content (AvgIpc) is 2.76. The van der Waals surface area contributed by atoms with Crippen molar-refractivity contribution in [3.05, 3.63) is 32.5 Å². The van der Waals surface area contributed by atoms with Crippen molar-refractivity contribution in [2.75, 3.05) is 42.2 Å².